The molecule has 0 heterocycles. The molecule has 1 radical (unpaired) electrons. The number of hydrogen-bond donors (Lipinski definition) is 0. The van der Waals surface area contributed by atoms with E-state index in [2.05, 4.69) is 10.2 Å². The zero-order valence-corrected chi connectivity index (χ0v) is 18.3. The van der Waals surface area contributed by atoms with E-state index in [0.29, 0.717) is 10.8 Å². The minimum atomic E-state index is -4.88. The van der Waals surface area contributed by atoms with Gasteiger partial charge in [0.1, 0.15) is 10.1 Å². The third-order valence-electron chi connectivity index (χ3n) is 4.62. The van der Waals surface area contributed by atoms with E-state index in [1.807, 2.05) is 0 Å². The van der Waals surface area contributed by atoms with Gasteiger partial charge < -0.3 is 20.2 Å². The third kappa shape index (κ3) is 4.77. The molecule has 0 spiro atoms. The van der Waals surface area contributed by atoms with Crippen molar-refractivity contribution < 1.29 is 52.4 Å². The molecule has 13 heteroatoms. The predicted molar refractivity (Wildman–Crippen MR) is 109 cm³/mol. The fraction of sp³-hybridized carbons (Fsp3) is 0. The topological polar surface area (TPSA) is 201 Å². The summed E-state index contributed by atoms with van der Waals surface area (Å²) in [4.78, 5) is 9.96. The molecule has 0 aliphatic rings. The maximum atomic E-state index is 12.8. The zero-order chi connectivity index (χ0) is 22.3. The van der Waals surface area contributed by atoms with Crippen molar-refractivity contribution in [2.45, 2.75) is 4.90 Å². The first-order chi connectivity index (χ1) is 14.7. The van der Waals surface area contributed by atoms with E-state index in [1.165, 1.54) is 6.07 Å². The van der Waals surface area contributed by atoms with Crippen LogP contribution in [0.1, 0.15) is 1.43 Å². The molecule has 4 aromatic rings. The van der Waals surface area contributed by atoms with Crippen molar-refractivity contribution >= 4 is 48.7 Å². The van der Waals surface area contributed by atoms with Crippen LogP contribution >= 0.6 is 0 Å². The summed E-state index contributed by atoms with van der Waals surface area (Å²) in [6.07, 6.45) is 0. The first-order valence-corrected chi connectivity index (χ1v) is 10.1. The van der Waals surface area contributed by atoms with E-state index in [4.69, 9.17) is 0 Å². The van der Waals surface area contributed by atoms with Gasteiger partial charge in [-0.15, -0.1) is 0 Å². The van der Waals surface area contributed by atoms with Crippen LogP contribution in [0.2, 0.25) is 0 Å². The number of hydrogen-bond acceptors (Lipinski definition) is 10. The molecule has 11 nitrogen and oxygen atoms in total. The molecular weight excluding hydrogens is 494 g/mol. The van der Waals surface area contributed by atoms with Gasteiger partial charge in [-0.1, -0.05) is 54.0 Å². The summed E-state index contributed by atoms with van der Waals surface area (Å²) in [5.41, 5.74) is -1.08. The normalized spacial score (nSPS) is 11.3. The molecule has 33 heavy (non-hydrogen) atoms. The fourth-order valence-corrected chi connectivity index (χ4v) is 3.66. The van der Waals surface area contributed by atoms with Gasteiger partial charge in [0.25, 0.3) is 5.69 Å². The summed E-state index contributed by atoms with van der Waals surface area (Å²) in [5, 5.41) is 44.8. The van der Waals surface area contributed by atoms with Crippen LogP contribution in [0.3, 0.4) is 0 Å². The molecule has 0 saturated heterocycles. The van der Waals surface area contributed by atoms with Gasteiger partial charge in [-0.05, 0) is 22.9 Å². The van der Waals surface area contributed by atoms with Crippen LogP contribution in [-0.2, 0) is 27.5 Å². The molecule has 4 aromatic carbocycles. The molecule has 0 aromatic heterocycles. The van der Waals surface area contributed by atoms with Crippen LogP contribution in [0.4, 0.5) is 17.1 Å². The Labute approximate surface area is 198 Å². The van der Waals surface area contributed by atoms with Gasteiger partial charge in [0.15, 0.2) is 0 Å². The molecule has 0 atom stereocenters. The van der Waals surface area contributed by atoms with Crippen molar-refractivity contribution in [2.75, 3.05) is 0 Å². The van der Waals surface area contributed by atoms with Crippen LogP contribution < -0.4 is 10.2 Å². The van der Waals surface area contributed by atoms with Crippen LogP contribution in [0.15, 0.2) is 75.8 Å². The second kappa shape index (κ2) is 9.49. The number of fused-ring (bicyclic) bond motifs is 2. The Bertz CT molecular complexity index is 1530. The molecule has 167 valence electrons. The van der Waals surface area contributed by atoms with Crippen molar-refractivity contribution in [2.24, 2.45) is 10.2 Å². The van der Waals surface area contributed by atoms with E-state index in [0.717, 1.165) is 24.3 Å². The van der Waals surface area contributed by atoms with Gasteiger partial charge in [0.05, 0.1) is 26.6 Å². The number of benzene rings is 4. The van der Waals surface area contributed by atoms with E-state index in [9.17, 15) is 33.3 Å². The van der Waals surface area contributed by atoms with Crippen molar-refractivity contribution in [3.8, 4) is 11.5 Å². The fourth-order valence-electron chi connectivity index (χ4n) is 3.17. The molecular formula is C20H12CrN3O8S. The number of nitrogens with zero attached hydrogens (tertiary/aromatic N) is 3. The van der Waals surface area contributed by atoms with Gasteiger partial charge >= 0.3 is 18.8 Å². The van der Waals surface area contributed by atoms with E-state index in [-0.39, 0.29) is 40.7 Å². The quantitative estimate of drug-likeness (QED) is 0.173. The second-order valence-electron chi connectivity index (χ2n) is 6.50. The van der Waals surface area contributed by atoms with Gasteiger partial charge in [-0.25, -0.2) is 8.42 Å². The SMILES string of the molecule is O=[N+]([O-])c1cc(N=Nc2c([O-])ccc3ccccc23)c([O-])c2ccc(S(=O)(=O)[O-])cc12.[Cr+3].[H+].[OH-]. The van der Waals surface area contributed by atoms with Crippen LogP contribution in [0, 0.1) is 10.1 Å². The first kappa shape index (κ1) is 25.7. The van der Waals surface area contributed by atoms with Crippen molar-refractivity contribution in [3.63, 3.8) is 0 Å². The Hall–Kier alpha value is -3.60. The monoisotopic (exact) mass is 506 g/mol. The van der Waals surface area contributed by atoms with Crippen LogP contribution in [-0.4, -0.2) is 23.4 Å². The molecule has 0 bridgehead atoms. The molecule has 0 saturated carbocycles. The maximum absolute atomic E-state index is 12.8. The summed E-state index contributed by atoms with van der Waals surface area (Å²) < 4.78 is 33.7. The standard InChI is InChI=1S/C20H13N3O7S.Cr.H2O/c24-18-8-5-11-3-1-2-4-13(11)19(18)22-21-16-10-17(23(26)27)15-9-12(31(28,29)30)6-7-14(15)20(16)25;;/h1-10,24-25H,(H,28,29,30);;1H2/q;+3;/p-3. The largest absolute Gasteiger partial charge is 3.00 e. The molecule has 0 aliphatic carbocycles. The summed E-state index contributed by atoms with van der Waals surface area (Å²) in [5.74, 6) is -1.22. The smallest absolute Gasteiger partial charge is 0.871 e. The maximum Gasteiger partial charge on any atom is 3.00 e. The van der Waals surface area contributed by atoms with Crippen molar-refractivity contribution in [3.05, 3.63) is 70.8 Å². The minimum Gasteiger partial charge on any atom is -0.871 e. The predicted octanol–water partition coefficient (Wildman–Crippen LogP) is 3.30. The summed E-state index contributed by atoms with van der Waals surface area (Å²) in [6.45, 7) is 0. The summed E-state index contributed by atoms with van der Waals surface area (Å²) >= 11 is 0. The average molecular weight is 506 g/mol. The van der Waals surface area contributed by atoms with Crippen molar-refractivity contribution in [1.29, 1.82) is 0 Å². The Kier molecular flexibility index (Phi) is 7.38. The van der Waals surface area contributed by atoms with Gasteiger partial charge in [0, 0.05) is 11.5 Å². The number of nitro groups is 1. The molecule has 0 fully saturated rings. The number of non-ortho nitro benzene ring substituents is 1. The Morgan fingerprint density at radius 2 is 1.58 bits per heavy atom. The third-order valence-corrected chi connectivity index (χ3v) is 5.46. The van der Waals surface area contributed by atoms with E-state index >= 15 is 0 Å². The molecule has 4 rings (SSSR count). The Morgan fingerprint density at radius 3 is 2.24 bits per heavy atom. The summed E-state index contributed by atoms with van der Waals surface area (Å²) in [7, 11) is -4.88. The Morgan fingerprint density at radius 1 is 0.879 bits per heavy atom. The summed E-state index contributed by atoms with van der Waals surface area (Å²) in [6, 6.07) is 13.3. The molecule has 1 N–H and O–H groups in total. The van der Waals surface area contributed by atoms with E-state index in [1.54, 1.807) is 30.3 Å². The Balaban J connectivity index is 0.00000193. The van der Waals surface area contributed by atoms with Crippen LogP contribution in [0.25, 0.3) is 21.5 Å². The number of nitro benzene ring substituents is 1. The first-order valence-electron chi connectivity index (χ1n) is 8.65. The average Bonchev–Trinajstić information content (AvgIpc) is 2.73. The molecule has 0 unspecified atom stereocenters. The zero-order valence-electron chi connectivity index (χ0n) is 17.2. The molecule has 0 amide bonds. The minimum absolute atomic E-state index is 0. The van der Waals surface area contributed by atoms with Crippen molar-refractivity contribution in [1.82, 2.24) is 0 Å². The van der Waals surface area contributed by atoms with Gasteiger partial charge in [-0.3, -0.25) is 10.1 Å². The number of rotatable bonds is 4. The number of azo groups is 1. The van der Waals surface area contributed by atoms with Crippen LogP contribution in [0.5, 0.6) is 11.5 Å². The molecule has 0 aliphatic heterocycles. The second-order valence-corrected chi connectivity index (χ2v) is 7.88. The van der Waals surface area contributed by atoms with Gasteiger partial charge in [-0.2, -0.15) is 10.2 Å². The van der Waals surface area contributed by atoms with Gasteiger partial charge in [0.2, 0.25) is 0 Å². The van der Waals surface area contributed by atoms with E-state index < -0.39 is 42.8 Å².